The third kappa shape index (κ3) is 5.56. The molecule has 0 amide bonds. The van der Waals surface area contributed by atoms with Gasteiger partial charge in [0.15, 0.2) is 17.5 Å². The Morgan fingerprint density at radius 2 is 0.857 bits per heavy atom. The summed E-state index contributed by atoms with van der Waals surface area (Å²) in [6, 6.07) is 65.7. The molecule has 8 aromatic carbocycles. The molecule has 4 nitrogen and oxygen atoms in total. The Morgan fingerprint density at radius 1 is 0.339 bits per heavy atom. The Hall–Kier alpha value is -7.21. The fourth-order valence-corrected chi connectivity index (χ4v) is 8.97. The van der Waals surface area contributed by atoms with Crippen LogP contribution in [0.3, 0.4) is 0 Å². The standard InChI is InChI=1S/C51H31N3OS/c1-3-11-32(12-4-1)33-21-23-34(24-22-33)35-25-27-36(28-26-35)39-16-9-17-42-40-30-29-38(31-45(40)55-47(39)42)50-52-49(37-13-5-2-6-14-37)53-51(54-50)44-19-10-18-43-41-15-7-8-20-46(41)56-48(43)44/h1-31H. The third-order valence-electron chi connectivity index (χ3n) is 10.6. The molecule has 3 heterocycles. The van der Waals surface area contributed by atoms with Crippen LogP contribution in [-0.2, 0) is 0 Å². The number of nitrogens with zero attached hydrogens (tertiary/aromatic N) is 3. The van der Waals surface area contributed by atoms with Crippen molar-refractivity contribution in [2.24, 2.45) is 0 Å². The fourth-order valence-electron chi connectivity index (χ4n) is 7.76. The largest absolute Gasteiger partial charge is 0.455 e. The molecule has 0 radical (unpaired) electrons. The quantitative estimate of drug-likeness (QED) is 0.171. The van der Waals surface area contributed by atoms with E-state index in [-0.39, 0.29) is 0 Å². The van der Waals surface area contributed by atoms with Crippen molar-refractivity contribution in [1.29, 1.82) is 0 Å². The van der Waals surface area contributed by atoms with Crippen LogP contribution in [0, 0.1) is 0 Å². The van der Waals surface area contributed by atoms with Gasteiger partial charge in [-0.1, -0.05) is 164 Å². The zero-order chi connectivity index (χ0) is 37.0. The van der Waals surface area contributed by atoms with E-state index in [9.17, 15) is 0 Å². The summed E-state index contributed by atoms with van der Waals surface area (Å²) in [7, 11) is 0. The van der Waals surface area contributed by atoms with Gasteiger partial charge in [-0.15, -0.1) is 11.3 Å². The van der Waals surface area contributed by atoms with Crippen LogP contribution in [0.2, 0.25) is 0 Å². The van der Waals surface area contributed by atoms with Gasteiger partial charge in [0, 0.05) is 53.2 Å². The van der Waals surface area contributed by atoms with Gasteiger partial charge >= 0.3 is 0 Å². The van der Waals surface area contributed by atoms with Crippen molar-refractivity contribution >= 4 is 53.4 Å². The predicted octanol–water partition coefficient (Wildman–Crippen LogP) is 14.1. The molecule has 3 aromatic heterocycles. The molecule has 0 bridgehead atoms. The number of rotatable bonds is 6. The molecule has 0 unspecified atom stereocenters. The van der Waals surface area contributed by atoms with E-state index in [2.05, 4.69) is 152 Å². The summed E-state index contributed by atoms with van der Waals surface area (Å²) in [5.41, 5.74) is 11.4. The van der Waals surface area contributed by atoms with Crippen LogP contribution in [0.25, 0.3) is 110 Å². The van der Waals surface area contributed by atoms with Gasteiger partial charge in [-0.25, -0.2) is 15.0 Å². The van der Waals surface area contributed by atoms with Crippen molar-refractivity contribution in [2.75, 3.05) is 0 Å². The first-order valence-electron chi connectivity index (χ1n) is 18.7. The Balaban J connectivity index is 0.981. The van der Waals surface area contributed by atoms with Crippen LogP contribution in [0.4, 0.5) is 0 Å². The zero-order valence-corrected chi connectivity index (χ0v) is 30.9. The summed E-state index contributed by atoms with van der Waals surface area (Å²) in [5.74, 6) is 1.88. The number of aromatic nitrogens is 3. The maximum atomic E-state index is 6.72. The van der Waals surface area contributed by atoms with Gasteiger partial charge in [-0.2, -0.15) is 0 Å². The molecular formula is C51H31N3OS. The predicted molar refractivity (Wildman–Crippen MR) is 233 cm³/mol. The minimum atomic E-state index is 0.599. The summed E-state index contributed by atoms with van der Waals surface area (Å²) in [4.78, 5) is 15.2. The van der Waals surface area contributed by atoms with E-state index in [1.807, 2.05) is 36.4 Å². The molecule has 0 aliphatic heterocycles. The molecule has 0 aliphatic carbocycles. The summed E-state index contributed by atoms with van der Waals surface area (Å²) in [6.07, 6.45) is 0. The van der Waals surface area contributed by atoms with Gasteiger partial charge in [0.25, 0.3) is 0 Å². The van der Waals surface area contributed by atoms with Gasteiger partial charge in [-0.3, -0.25) is 0 Å². The summed E-state index contributed by atoms with van der Waals surface area (Å²) in [6.45, 7) is 0. The highest BCUT2D eigenvalue weighted by Crippen LogP contribution is 2.41. The van der Waals surface area contributed by atoms with Crippen LogP contribution in [0.15, 0.2) is 192 Å². The molecule has 0 saturated heterocycles. The average Bonchev–Trinajstić information content (AvgIpc) is 3.85. The van der Waals surface area contributed by atoms with Crippen molar-refractivity contribution < 1.29 is 4.42 Å². The minimum absolute atomic E-state index is 0.599. The maximum absolute atomic E-state index is 6.72. The zero-order valence-electron chi connectivity index (χ0n) is 30.1. The second-order valence-electron chi connectivity index (χ2n) is 14.0. The normalized spacial score (nSPS) is 11.6. The van der Waals surface area contributed by atoms with Crippen LogP contribution in [0.1, 0.15) is 0 Å². The van der Waals surface area contributed by atoms with E-state index in [0.29, 0.717) is 17.5 Å². The molecule has 56 heavy (non-hydrogen) atoms. The van der Waals surface area contributed by atoms with Gasteiger partial charge < -0.3 is 4.42 Å². The molecule has 5 heteroatoms. The van der Waals surface area contributed by atoms with Crippen molar-refractivity contribution in [3.05, 3.63) is 188 Å². The smallest absolute Gasteiger partial charge is 0.165 e. The fraction of sp³-hybridized carbons (Fsp3) is 0. The van der Waals surface area contributed by atoms with Gasteiger partial charge in [0.1, 0.15) is 11.2 Å². The first-order chi connectivity index (χ1) is 27.7. The summed E-state index contributed by atoms with van der Waals surface area (Å²) in [5, 5.41) is 4.57. The molecule has 0 N–H and O–H groups in total. The van der Waals surface area contributed by atoms with Crippen LogP contribution in [-0.4, -0.2) is 15.0 Å². The Kier molecular flexibility index (Phi) is 7.64. The molecule has 0 fully saturated rings. The van der Waals surface area contributed by atoms with Crippen LogP contribution < -0.4 is 0 Å². The number of fused-ring (bicyclic) bond motifs is 6. The molecule has 0 atom stereocenters. The third-order valence-corrected chi connectivity index (χ3v) is 11.8. The molecule has 0 spiro atoms. The molecule has 262 valence electrons. The monoisotopic (exact) mass is 733 g/mol. The number of hydrogen-bond acceptors (Lipinski definition) is 5. The highest BCUT2D eigenvalue weighted by molar-refractivity contribution is 7.26. The second kappa shape index (κ2) is 13.3. The molecule has 0 saturated carbocycles. The maximum Gasteiger partial charge on any atom is 0.165 e. The lowest BCUT2D eigenvalue weighted by Crippen LogP contribution is -2.00. The molecule has 11 rings (SSSR count). The molecule has 0 aliphatic rings. The van der Waals surface area contributed by atoms with Gasteiger partial charge in [0.05, 0.1) is 0 Å². The first kappa shape index (κ1) is 32.2. The first-order valence-corrected chi connectivity index (χ1v) is 19.5. The van der Waals surface area contributed by atoms with Crippen LogP contribution >= 0.6 is 11.3 Å². The van der Waals surface area contributed by atoms with E-state index < -0.39 is 0 Å². The van der Waals surface area contributed by atoms with Crippen molar-refractivity contribution in [3.63, 3.8) is 0 Å². The summed E-state index contributed by atoms with van der Waals surface area (Å²) < 4.78 is 9.13. The number of benzene rings is 8. The number of furan rings is 1. The van der Waals surface area contributed by atoms with E-state index in [4.69, 9.17) is 19.4 Å². The summed E-state index contributed by atoms with van der Waals surface area (Å²) >= 11 is 1.77. The van der Waals surface area contributed by atoms with E-state index in [1.54, 1.807) is 11.3 Å². The molecular weight excluding hydrogens is 703 g/mol. The Labute approximate surface area is 327 Å². The lowest BCUT2D eigenvalue weighted by Gasteiger charge is -2.09. The molecule has 11 aromatic rings. The number of hydrogen-bond donors (Lipinski definition) is 0. The van der Waals surface area contributed by atoms with E-state index in [1.165, 1.54) is 42.4 Å². The Bertz CT molecular complexity index is 3220. The van der Waals surface area contributed by atoms with E-state index >= 15 is 0 Å². The number of thiophene rings is 1. The number of para-hydroxylation sites is 1. The Morgan fingerprint density at radius 3 is 1.57 bits per heavy atom. The van der Waals surface area contributed by atoms with Crippen LogP contribution in [0.5, 0.6) is 0 Å². The minimum Gasteiger partial charge on any atom is -0.455 e. The van der Waals surface area contributed by atoms with Crippen molar-refractivity contribution in [1.82, 2.24) is 15.0 Å². The highest BCUT2D eigenvalue weighted by Gasteiger charge is 2.18. The van der Waals surface area contributed by atoms with Crippen molar-refractivity contribution in [3.8, 4) is 67.5 Å². The van der Waals surface area contributed by atoms with Crippen molar-refractivity contribution in [2.45, 2.75) is 0 Å². The second-order valence-corrected chi connectivity index (χ2v) is 15.0. The lowest BCUT2D eigenvalue weighted by atomic mass is 9.97. The van der Waals surface area contributed by atoms with Gasteiger partial charge in [-0.05, 0) is 52.1 Å². The average molecular weight is 734 g/mol. The topological polar surface area (TPSA) is 51.8 Å². The van der Waals surface area contributed by atoms with Gasteiger partial charge in [0.2, 0.25) is 0 Å². The van der Waals surface area contributed by atoms with E-state index in [0.717, 1.165) is 49.8 Å². The highest BCUT2D eigenvalue weighted by atomic mass is 32.1. The SMILES string of the molecule is c1ccc(-c2ccc(-c3ccc(-c4cccc5c4oc4cc(-c6nc(-c7ccccc7)nc(-c7cccc8c7sc7ccccc78)n6)ccc45)cc3)cc2)cc1. The lowest BCUT2D eigenvalue weighted by molar-refractivity contribution is 0.670.